The van der Waals surface area contributed by atoms with Crippen LogP contribution >= 0.6 is 0 Å². The number of hydrogen-bond acceptors (Lipinski definition) is 4. The van der Waals surface area contributed by atoms with E-state index in [1.165, 1.54) is 0 Å². The molecule has 4 nitrogen and oxygen atoms in total. The third-order valence-corrected chi connectivity index (χ3v) is 2.43. The number of nitrogens with zero attached hydrogens (tertiary/aromatic N) is 2. The molecule has 0 saturated carbocycles. The molecule has 1 aromatic heterocycles. The number of carbonyl (C=O) groups is 1. The Morgan fingerprint density at radius 3 is 2.75 bits per heavy atom. The first-order valence-corrected chi connectivity index (χ1v) is 5.00. The predicted molar refractivity (Wildman–Crippen MR) is 60.2 cm³/mol. The van der Waals surface area contributed by atoms with E-state index in [4.69, 9.17) is 4.74 Å². The highest BCUT2D eigenvalue weighted by molar-refractivity contribution is 5.76. The summed E-state index contributed by atoms with van der Waals surface area (Å²) < 4.78 is 4.99. The van der Waals surface area contributed by atoms with Crippen LogP contribution in [0, 0.1) is 0 Å². The Bertz CT molecular complexity index is 499. The second-order valence-corrected chi connectivity index (χ2v) is 3.50. The summed E-state index contributed by atoms with van der Waals surface area (Å²) in [6.45, 7) is 0.384. The molecule has 0 aliphatic carbocycles. The van der Waals surface area contributed by atoms with Gasteiger partial charge in [-0.3, -0.25) is 9.97 Å². The number of methoxy groups -OCH3 is 1. The molecule has 4 heteroatoms. The zero-order valence-electron chi connectivity index (χ0n) is 8.96. The van der Waals surface area contributed by atoms with E-state index >= 15 is 0 Å². The molecule has 0 N–H and O–H groups in total. The van der Waals surface area contributed by atoms with Crippen LogP contribution in [0.4, 0.5) is 0 Å². The molecule has 1 atom stereocenters. The summed E-state index contributed by atoms with van der Waals surface area (Å²) in [5, 5.41) is 0. The van der Waals surface area contributed by atoms with Crippen molar-refractivity contribution in [3.63, 3.8) is 0 Å². The number of aromatic nitrogens is 2. The van der Waals surface area contributed by atoms with Crippen LogP contribution in [0.3, 0.4) is 0 Å². The van der Waals surface area contributed by atoms with Crippen LogP contribution in [-0.4, -0.2) is 30.0 Å². The van der Waals surface area contributed by atoms with Crippen molar-refractivity contribution < 1.29 is 9.53 Å². The lowest BCUT2D eigenvalue weighted by Crippen LogP contribution is -2.07. The van der Waals surface area contributed by atoms with Crippen LogP contribution in [-0.2, 0) is 9.53 Å². The number of hydrogen-bond donors (Lipinski definition) is 0. The second kappa shape index (κ2) is 4.81. The molecular formula is C12H12N2O2. The molecule has 0 saturated heterocycles. The van der Waals surface area contributed by atoms with E-state index < -0.39 is 0 Å². The van der Waals surface area contributed by atoms with Crippen molar-refractivity contribution in [1.29, 1.82) is 0 Å². The van der Waals surface area contributed by atoms with Gasteiger partial charge in [0.1, 0.15) is 6.29 Å². The monoisotopic (exact) mass is 216 g/mol. The minimum atomic E-state index is -0.239. The van der Waals surface area contributed by atoms with Crippen LogP contribution in [0.25, 0.3) is 11.0 Å². The SMILES string of the molecule is COCC(C=O)c1ccc2nccnc2c1. The Balaban J connectivity index is 2.41. The van der Waals surface area contributed by atoms with E-state index in [2.05, 4.69) is 9.97 Å². The Hall–Kier alpha value is -1.81. The maximum absolute atomic E-state index is 10.9. The van der Waals surface area contributed by atoms with Crippen molar-refractivity contribution in [2.75, 3.05) is 13.7 Å². The van der Waals surface area contributed by atoms with E-state index in [1.54, 1.807) is 19.5 Å². The molecule has 0 spiro atoms. The molecule has 0 amide bonds. The van der Waals surface area contributed by atoms with Gasteiger partial charge in [-0.2, -0.15) is 0 Å². The first kappa shape index (κ1) is 10.7. The summed E-state index contributed by atoms with van der Waals surface area (Å²) in [4.78, 5) is 19.3. The van der Waals surface area contributed by atoms with Crippen molar-refractivity contribution in [3.8, 4) is 0 Å². The molecule has 0 aliphatic rings. The molecule has 0 radical (unpaired) electrons. The molecule has 2 rings (SSSR count). The van der Waals surface area contributed by atoms with Crippen LogP contribution in [0.5, 0.6) is 0 Å². The zero-order chi connectivity index (χ0) is 11.4. The minimum absolute atomic E-state index is 0.239. The highest BCUT2D eigenvalue weighted by Gasteiger charge is 2.10. The van der Waals surface area contributed by atoms with Crippen molar-refractivity contribution >= 4 is 17.3 Å². The van der Waals surface area contributed by atoms with E-state index in [-0.39, 0.29) is 5.92 Å². The van der Waals surface area contributed by atoms with Gasteiger partial charge in [0.15, 0.2) is 0 Å². The molecule has 2 aromatic rings. The molecule has 0 fully saturated rings. The van der Waals surface area contributed by atoms with Crippen LogP contribution < -0.4 is 0 Å². The lowest BCUT2D eigenvalue weighted by Gasteiger charge is -2.09. The van der Waals surface area contributed by atoms with Crippen LogP contribution in [0.15, 0.2) is 30.6 Å². The van der Waals surface area contributed by atoms with Crippen molar-refractivity contribution in [2.45, 2.75) is 5.92 Å². The number of rotatable bonds is 4. The predicted octanol–water partition coefficient (Wildman–Crippen LogP) is 1.56. The molecule has 1 unspecified atom stereocenters. The number of fused-ring (bicyclic) bond motifs is 1. The molecule has 0 aliphatic heterocycles. The average Bonchev–Trinajstić information content (AvgIpc) is 2.35. The second-order valence-electron chi connectivity index (χ2n) is 3.50. The molecule has 1 heterocycles. The van der Waals surface area contributed by atoms with E-state index in [0.29, 0.717) is 6.61 Å². The summed E-state index contributed by atoms with van der Waals surface area (Å²) in [7, 11) is 1.58. The van der Waals surface area contributed by atoms with E-state index in [9.17, 15) is 4.79 Å². The van der Waals surface area contributed by atoms with Crippen molar-refractivity contribution in [3.05, 3.63) is 36.2 Å². The maximum Gasteiger partial charge on any atom is 0.129 e. The molecule has 1 aromatic carbocycles. The first-order chi connectivity index (χ1) is 7.85. The Morgan fingerprint density at radius 2 is 2.06 bits per heavy atom. The number of aldehydes is 1. The summed E-state index contributed by atoms with van der Waals surface area (Å²) in [5.41, 5.74) is 2.53. The smallest absolute Gasteiger partial charge is 0.129 e. The fourth-order valence-electron chi connectivity index (χ4n) is 1.60. The minimum Gasteiger partial charge on any atom is -0.384 e. The van der Waals surface area contributed by atoms with Gasteiger partial charge in [-0.1, -0.05) is 6.07 Å². The summed E-state index contributed by atoms with van der Waals surface area (Å²) >= 11 is 0. The largest absolute Gasteiger partial charge is 0.384 e. The first-order valence-electron chi connectivity index (χ1n) is 5.00. The van der Waals surface area contributed by atoms with Gasteiger partial charge in [0, 0.05) is 19.5 Å². The summed E-state index contributed by atoms with van der Waals surface area (Å²) in [6.07, 6.45) is 4.17. The lowest BCUT2D eigenvalue weighted by molar-refractivity contribution is -0.110. The van der Waals surface area contributed by atoms with Gasteiger partial charge in [0.05, 0.1) is 23.6 Å². The average molecular weight is 216 g/mol. The van der Waals surface area contributed by atoms with Gasteiger partial charge in [0.25, 0.3) is 0 Å². The molecular weight excluding hydrogens is 204 g/mol. The fraction of sp³-hybridized carbons (Fsp3) is 0.250. The van der Waals surface area contributed by atoms with Gasteiger partial charge in [-0.05, 0) is 17.7 Å². The van der Waals surface area contributed by atoms with Crippen molar-refractivity contribution in [1.82, 2.24) is 9.97 Å². The lowest BCUT2D eigenvalue weighted by atomic mass is 10.0. The fourth-order valence-corrected chi connectivity index (χ4v) is 1.60. The number of carbonyl (C=O) groups excluding carboxylic acids is 1. The molecule has 82 valence electrons. The van der Waals surface area contributed by atoms with Gasteiger partial charge in [-0.15, -0.1) is 0 Å². The highest BCUT2D eigenvalue weighted by Crippen LogP contribution is 2.18. The Kier molecular flexibility index (Phi) is 3.22. The third-order valence-electron chi connectivity index (χ3n) is 2.43. The van der Waals surface area contributed by atoms with E-state index in [0.717, 1.165) is 22.9 Å². The van der Waals surface area contributed by atoms with Crippen LogP contribution in [0.2, 0.25) is 0 Å². The zero-order valence-corrected chi connectivity index (χ0v) is 8.96. The topological polar surface area (TPSA) is 52.1 Å². The van der Waals surface area contributed by atoms with E-state index in [1.807, 2.05) is 18.2 Å². The molecule has 16 heavy (non-hydrogen) atoms. The third kappa shape index (κ3) is 2.06. The Morgan fingerprint density at radius 1 is 1.31 bits per heavy atom. The summed E-state index contributed by atoms with van der Waals surface area (Å²) in [6, 6.07) is 5.62. The highest BCUT2D eigenvalue weighted by atomic mass is 16.5. The Labute approximate surface area is 93.3 Å². The quantitative estimate of drug-likeness (QED) is 0.728. The van der Waals surface area contributed by atoms with Gasteiger partial charge >= 0.3 is 0 Å². The van der Waals surface area contributed by atoms with Crippen molar-refractivity contribution in [2.24, 2.45) is 0 Å². The summed E-state index contributed by atoms with van der Waals surface area (Å²) in [5.74, 6) is -0.239. The molecule has 0 bridgehead atoms. The van der Waals surface area contributed by atoms with Gasteiger partial charge < -0.3 is 9.53 Å². The maximum atomic E-state index is 10.9. The van der Waals surface area contributed by atoms with Crippen LogP contribution in [0.1, 0.15) is 11.5 Å². The number of benzene rings is 1. The van der Waals surface area contributed by atoms with Gasteiger partial charge in [-0.25, -0.2) is 0 Å². The normalized spacial score (nSPS) is 12.6. The number of ether oxygens (including phenoxy) is 1. The van der Waals surface area contributed by atoms with Gasteiger partial charge in [0.2, 0.25) is 0 Å². The standard InChI is InChI=1S/C12H12N2O2/c1-16-8-10(7-15)9-2-3-11-12(6-9)14-5-4-13-11/h2-7,10H,8H2,1H3.